The van der Waals surface area contributed by atoms with Gasteiger partial charge in [-0.3, -0.25) is 4.98 Å². The number of halogens is 2. The molecule has 42 heavy (non-hydrogen) atoms. The molecule has 5 aromatic carbocycles. The van der Waals surface area contributed by atoms with Gasteiger partial charge < -0.3 is 24.8 Å². The third-order valence-electron chi connectivity index (χ3n) is 7.13. The molecule has 1 aliphatic carbocycles. The minimum absolute atomic E-state index is 0. The Hall–Kier alpha value is -2.20. The van der Waals surface area contributed by atoms with Gasteiger partial charge in [0.25, 0.3) is 0 Å². The molecular weight excluding hydrogens is 665 g/mol. The molecule has 0 amide bonds. The first-order chi connectivity index (χ1) is 19.2. The SMILES string of the molecule is C[Si](C)(C)c1cc2c(-c3cnc4ccccc4c3)cccc2[cH-]1.C[Si](C)=[Zr+2].[Cl-].[Cl-].[c-]1cccc2c1Cc1ccccc1-2. The van der Waals surface area contributed by atoms with E-state index >= 15 is 0 Å². The number of benzene rings is 4. The molecule has 0 spiro atoms. The van der Waals surface area contributed by atoms with Gasteiger partial charge in [-0.1, -0.05) is 84.9 Å². The standard InChI is InChI=1S/C21H20NSi.C13H9.C2H6Si.2ClH.Zr/c1-23(2,3)18-12-15-8-6-9-19(20(15)13-18)17-11-16-7-4-5-10-21(16)22-14-17;1-3-7-12-10(5-1)9-11-6-2-4-8-13(11)12;1-3-2;;;/h4-14H,1-3H3;1-5,7-8H,9H2;1-2H3;2*1H;/q2*-1;;;;+2/p-2. The van der Waals surface area contributed by atoms with Crippen molar-refractivity contribution in [2.75, 3.05) is 0 Å². The average Bonchev–Trinajstić information content (AvgIpc) is 3.55. The second-order valence-corrected chi connectivity index (χ2v) is 26.1. The molecule has 0 saturated carbocycles. The smallest absolute Gasteiger partial charge is 0.0253 e. The molecule has 7 rings (SSSR count). The maximum Gasteiger partial charge on any atom is -0.0253 e. The van der Waals surface area contributed by atoms with Crippen molar-refractivity contribution in [1.29, 1.82) is 0 Å². The molecule has 0 saturated heterocycles. The molecular formula is C36H35Cl2NSi2Zr-2. The molecule has 0 unspecified atom stereocenters. The summed E-state index contributed by atoms with van der Waals surface area (Å²) in [4.78, 5) is 4.63. The first-order valence-corrected chi connectivity index (χ1v) is 23.5. The molecule has 0 atom stereocenters. The van der Waals surface area contributed by atoms with E-state index in [2.05, 4.69) is 135 Å². The summed E-state index contributed by atoms with van der Waals surface area (Å²) < 4.78 is 0. The van der Waals surface area contributed by atoms with E-state index in [0.29, 0.717) is 0 Å². The molecule has 0 fully saturated rings. The molecule has 0 bridgehead atoms. The van der Waals surface area contributed by atoms with E-state index in [4.69, 9.17) is 0 Å². The Balaban J connectivity index is 0.000000216. The van der Waals surface area contributed by atoms with E-state index in [1.54, 1.807) is 23.3 Å². The summed E-state index contributed by atoms with van der Waals surface area (Å²) in [5.41, 5.74) is 9.25. The number of nitrogens with zero attached hydrogens (tertiary/aromatic N) is 1. The number of pyridine rings is 1. The molecule has 212 valence electrons. The first kappa shape index (κ1) is 34.3. The van der Waals surface area contributed by atoms with Gasteiger partial charge in [0.05, 0.1) is 13.6 Å². The largest absolute Gasteiger partial charge is 1.00 e. The average molecular weight is 700 g/mol. The van der Waals surface area contributed by atoms with Gasteiger partial charge in [-0.2, -0.15) is 35.9 Å². The minimum atomic E-state index is -1.30. The van der Waals surface area contributed by atoms with Crippen molar-refractivity contribution in [1.82, 2.24) is 4.98 Å². The zero-order chi connectivity index (χ0) is 28.3. The van der Waals surface area contributed by atoms with Crippen LogP contribution < -0.4 is 30.0 Å². The topological polar surface area (TPSA) is 12.9 Å². The van der Waals surface area contributed by atoms with Crippen LogP contribution in [-0.4, -0.2) is 18.5 Å². The van der Waals surface area contributed by atoms with Crippen LogP contribution in [0.15, 0.2) is 109 Å². The predicted octanol–water partition coefficient (Wildman–Crippen LogP) is 3.17. The van der Waals surface area contributed by atoms with Gasteiger partial charge in [-0.25, -0.2) is 0 Å². The molecule has 6 heteroatoms. The molecule has 0 N–H and O–H groups in total. The summed E-state index contributed by atoms with van der Waals surface area (Å²) in [6.07, 6.45) is 3.05. The summed E-state index contributed by atoms with van der Waals surface area (Å²) in [6.45, 7) is 11.8. The van der Waals surface area contributed by atoms with E-state index in [1.807, 2.05) is 18.3 Å². The van der Waals surface area contributed by atoms with E-state index < -0.39 is 8.07 Å². The molecule has 0 aliphatic heterocycles. The fraction of sp³-hybridized carbons (Fsp3) is 0.167. The number of hydrogen-bond acceptors (Lipinski definition) is 1. The zero-order valence-electron chi connectivity index (χ0n) is 24.8. The van der Waals surface area contributed by atoms with E-state index in [9.17, 15) is 0 Å². The number of fused-ring (bicyclic) bond motifs is 5. The normalized spacial score (nSPS) is 11.1. The van der Waals surface area contributed by atoms with Crippen LogP contribution >= 0.6 is 0 Å². The Labute approximate surface area is 279 Å². The van der Waals surface area contributed by atoms with Gasteiger partial charge in [-0.05, 0) is 24.1 Å². The Morgan fingerprint density at radius 1 is 0.810 bits per heavy atom. The van der Waals surface area contributed by atoms with Crippen LogP contribution in [0.5, 0.6) is 0 Å². The Kier molecular flexibility index (Phi) is 12.2. The monoisotopic (exact) mass is 697 g/mol. The number of rotatable bonds is 2. The van der Waals surface area contributed by atoms with Gasteiger partial charge in [0.2, 0.25) is 0 Å². The Bertz CT molecular complexity index is 1770. The third kappa shape index (κ3) is 8.04. The second-order valence-electron chi connectivity index (χ2n) is 11.6. The summed E-state index contributed by atoms with van der Waals surface area (Å²) >= 11 is 1.74. The first-order valence-electron chi connectivity index (χ1n) is 13.9. The summed E-state index contributed by atoms with van der Waals surface area (Å²) in [6, 6.07) is 40.0. The van der Waals surface area contributed by atoms with Gasteiger partial charge >= 0.3 is 41.9 Å². The maximum absolute atomic E-state index is 4.63. The molecule has 1 heterocycles. The second kappa shape index (κ2) is 15.0. The molecule has 1 aliphatic rings. The maximum atomic E-state index is 4.63. The van der Waals surface area contributed by atoms with Crippen LogP contribution in [0.3, 0.4) is 0 Å². The van der Waals surface area contributed by atoms with Gasteiger partial charge in [0.15, 0.2) is 0 Å². The minimum Gasteiger partial charge on any atom is -1.00 e. The van der Waals surface area contributed by atoms with Crippen molar-refractivity contribution in [3.8, 4) is 22.3 Å². The molecule has 6 aromatic rings. The van der Waals surface area contributed by atoms with Crippen molar-refractivity contribution >= 4 is 40.4 Å². The van der Waals surface area contributed by atoms with Crippen LogP contribution in [-0.2, 0) is 29.8 Å². The van der Waals surface area contributed by atoms with Crippen molar-refractivity contribution in [2.24, 2.45) is 0 Å². The Morgan fingerprint density at radius 3 is 2.24 bits per heavy atom. The fourth-order valence-corrected chi connectivity index (χ4v) is 6.30. The van der Waals surface area contributed by atoms with E-state index in [1.165, 1.54) is 54.7 Å². The number of hydrogen-bond donors (Lipinski definition) is 0. The van der Waals surface area contributed by atoms with Crippen LogP contribution in [0.25, 0.3) is 43.9 Å². The van der Waals surface area contributed by atoms with Crippen molar-refractivity contribution in [3.05, 3.63) is 127 Å². The van der Waals surface area contributed by atoms with Crippen LogP contribution in [0.1, 0.15) is 11.1 Å². The van der Waals surface area contributed by atoms with Gasteiger partial charge in [0.1, 0.15) is 0 Å². The van der Waals surface area contributed by atoms with Crippen molar-refractivity contribution in [2.45, 2.75) is 39.2 Å². The molecule has 0 radical (unpaired) electrons. The predicted molar refractivity (Wildman–Crippen MR) is 174 cm³/mol. The van der Waals surface area contributed by atoms with Gasteiger partial charge in [0, 0.05) is 11.6 Å². The van der Waals surface area contributed by atoms with Crippen molar-refractivity contribution < 1.29 is 48.1 Å². The van der Waals surface area contributed by atoms with Crippen LogP contribution in [0.4, 0.5) is 0 Å². The van der Waals surface area contributed by atoms with Crippen LogP contribution in [0, 0.1) is 6.07 Å². The number of para-hydroxylation sites is 1. The number of aromatic nitrogens is 1. The third-order valence-corrected chi connectivity index (χ3v) is 9.16. The van der Waals surface area contributed by atoms with Crippen LogP contribution in [0.2, 0.25) is 32.7 Å². The summed E-state index contributed by atoms with van der Waals surface area (Å²) in [5, 5.41) is 5.41. The fourth-order valence-electron chi connectivity index (χ4n) is 5.14. The zero-order valence-corrected chi connectivity index (χ0v) is 30.8. The molecule has 1 aromatic heterocycles. The van der Waals surface area contributed by atoms with Crippen molar-refractivity contribution in [3.63, 3.8) is 0 Å². The summed E-state index contributed by atoms with van der Waals surface area (Å²) in [5.74, 6) is 0. The molecule has 1 nitrogen and oxygen atoms in total. The van der Waals surface area contributed by atoms with Gasteiger partial charge in [-0.15, -0.1) is 39.7 Å². The quantitative estimate of drug-likeness (QED) is 0.200. The summed E-state index contributed by atoms with van der Waals surface area (Å²) in [7, 11) is -1.30. The van der Waals surface area contributed by atoms with E-state index in [0.717, 1.165) is 11.9 Å². The Morgan fingerprint density at radius 2 is 1.48 bits per heavy atom. The van der Waals surface area contributed by atoms with E-state index in [-0.39, 0.29) is 30.2 Å².